The van der Waals surface area contributed by atoms with Crippen LogP contribution in [0.2, 0.25) is 0 Å². The van der Waals surface area contributed by atoms with Crippen molar-refractivity contribution < 1.29 is 19.1 Å². The van der Waals surface area contributed by atoms with Crippen molar-refractivity contribution in [2.75, 3.05) is 29.5 Å². The number of ether oxygens (including phenoxy) is 1. The summed E-state index contributed by atoms with van der Waals surface area (Å²) < 4.78 is 4.66. The molecule has 0 aliphatic rings. The molecule has 2 rings (SSSR count). The quantitative estimate of drug-likeness (QED) is 0.206. The Bertz CT molecular complexity index is 790. The lowest BCUT2D eigenvalue weighted by molar-refractivity contribution is -0.150. The number of nitrogens with two attached hydrogens (primary N) is 4. The molecule has 0 fully saturated rings. The van der Waals surface area contributed by atoms with Crippen LogP contribution in [-0.4, -0.2) is 23.1 Å². The summed E-state index contributed by atoms with van der Waals surface area (Å²) in [6.07, 6.45) is 0.630. The fraction of sp³-hybridized carbons (Fsp3) is 0.286. The lowest BCUT2D eigenvalue weighted by atomic mass is 10.0. The van der Waals surface area contributed by atoms with E-state index in [1.54, 1.807) is 43.3 Å². The highest BCUT2D eigenvalue weighted by Crippen LogP contribution is 2.15. The first-order chi connectivity index (χ1) is 14.6. The molecular formula is C21H28Cl2N4O4. The molecule has 0 bridgehead atoms. The van der Waals surface area contributed by atoms with Crippen LogP contribution in [-0.2, 0) is 19.1 Å². The van der Waals surface area contributed by atoms with Gasteiger partial charge in [-0.15, -0.1) is 0 Å². The van der Waals surface area contributed by atoms with E-state index < -0.39 is 22.4 Å². The average molecular weight is 471 g/mol. The minimum Gasteiger partial charge on any atom is -0.465 e. The number of nitrogen functional groups attached to an aromatic ring is 4. The van der Waals surface area contributed by atoms with Gasteiger partial charge in [0.1, 0.15) is 5.92 Å². The van der Waals surface area contributed by atoms with Crippen LogP contribution in [0.4, 0.5) is 22.7 Å². The lowest BCUT2D eigenvalue weighted by Gasteiger charge is -2.10. The molecule has 170 valence electrons. The molecule has 0 spiro atoms. The summed E-state index contributed by atoms with van der Waals surface area (Å²) in [4.78, 5) is 32.5. The van der Waals surface area contributed by atoms with Gasteiger partial charge in [0.25, 0.3) is 0 Å². The number of para-hydroxylation sites is 2. The van der Waals surface area contributed by atoms with Crippen LogP contribution in [0.15, 0.2) is 48.5 Å². The van der Waals surface area contributed by atoms with Gasteiger partial charge in [0.15, 0.2) is 0 Å². The molecule has 0 aromatic heterocycles. The number of benzene rings is 2. The van der Waals surface area contributed by atoms with Gasteiger partial charge in [-0.3, -0.25) is 14.4 Å². The van der Waals surface area contributed by atoms with Crippen molar-refractivity contribution in [2.24, 2.45) is 5.92 Å². The highest BCUT2D eigenvalue weighted by molar-refractivity contribution is 6.65. The van der Waals surface area contributed by atoms with Gasteiger partial charge in [-0.1, -0.05) is 12.1 Å². The molecule has 8 N–H and O–H groups in total. The number of esters is 1. The highest BCUT2D eigenvalue weighted by atomic mass is 35.5. The Morgan fingerprint density at radius 2 is 1.32 bits per heavy atom. The van der Waals surface area contributed by atoms with Crippen LogP contribution < -0.4 is 22.9 Å². The highest BCUT2D eigenvalue weighted by Gasteiger charge is 2.26. The predicted octanol–water partition coefficient (Wildman–Crippen LogP) is 3.57. The molecule has 0 amide bonds. The third-order valence-electron chi connectivity index (χ3n) is 3.64. The topological polar surface area (TPSA) is 165 Å². The number of carbonyl (C=O) groups excluding carboxylic acids is 3. The van der Waals surface area contributed by atoms with E-state index in [0.29, 0.717) is 17.8 Å². The molecule has 1 unspecified atom stereocenters. The fourth-order valence-corrected chi connectivity index (χ4v) is 2.35. The van der Waals surface area contributed by atoms with E-state index in [9.17, 15) is 14.4 Å². The van der Waals surface area contributed by atoms with Crippen LogP contribution in [0.5, 0.6) is 0 Å². The zero-order valence-corrected chi connectivity index (χ0v) is 18.7. The standard InChI is InChI=1S/C9H12Cl2O4.2C6H8N2/c1-2-15-9(14)6(8(11)13)4-3-5-7(10)12;7-5-1-2-6(8)4-3-5;7-5-3-1-2-4-6(5)8/h6H,2-5H2,1H3;2*1-4H,7-8H2. The Labute approximate surface area is 191 Å². The number of hydrogen-bond donors (Lipinski definition) is 4. The fourth-order valence-electron chi connectivity index (χ4n) is 2.02. The van der Waals surface area contributed by atoms with Crippen LogP contribution in [0, 0.1) is 5.92 Å². The minimum atomic E-state index is -0.998. The average Bonchev–Trinajstić information content (AvgIpc) is 2.70. The summed E-state index contributed by atoms with van der Waals surface area (Å²) in [7, 11) is 0. The van der Waals surface area contributed by atoms with Gasteiger partial charge in [-0.2, -0.15) is 0 Å². The molecule has 2 aromatic carbocycles. The van der Waals surface area contributed by atoms with E-state index in [2.05, 4.69) is 4.74 Å². The molecule has 8 nitrogen and oxygen atoms in total. The molecule has 0 saturated heterocycles. The van der Waals surface area contributed by atoms with E-state index in [1.807, 2.05) is 12.1 Å². The Hall–Kier alpha value is -2.97. The van der Waals surface area contributed by atoms with Crippen molar-refractivity contribution in [2.45, 2.75) is 26.2 Å². The second kappa shape index (κ2) is 15.8. The molecule has 2 aromatic rings. The summed E-state index contributed by atoms with van der Waals surface area (Å²) in [6.45, 7) is 1.82. The van der Waals surface area contributed by atoms with Crippen LogP contribution in [0.25, 0.3) is 0 Å². The zero-order chi connectivity index (χ0) is 23.8. The van der Waals surface area contributed by atoms with Crippen molar-refractivity contribution in [1.29, 1.82) is 0 Å². The molecule has 0 heterocycles. The van der Waals surface area contributed by atoms with Gasteiger partial charge >= 0.3 is 5.97 Å². The number of halogens is 2. The first-order valence-corrected chi connectivity index (χ1v) is 10.1. The van der Waals surface area contributed by atoms with Gasteiger partial charge in [0, 0.05) is 17.8 Å². The maximum atomic E-state index is 11.2. The molecular weight excluding hydrogens is 443 g/mol. The van der Waals surface area contributed by atoms with E-state index in [1.165, 1.54) is 0 Å². The first kappa shape index (κ1) is 28.0. The zero-order valence-electron chi connectivity index (χ0n) is 17.2. The van der Waals surface area contributed by atoms with E-state index >= 15 is 0 Å². The van der Waals surface area contributed by atoms with Gasteiger partial charge in [0.2, 0.25) is 10.5 Å². The first-order valence-electron chi connectivity index (χ1n) is 9.33. The van der Waals surface area contributed by atoms with Gasteiger partial charge < -0.3 is 27.7 Å². The minimum absolute atomic E-state index is 0.113. The summed E-state index contributed by atoms with van der Waals surface area (Å²) in [5.74, 6) is -1.65. The maximum Gasteiger partial charge on any atom is 0.317 e. The van der Waals surface area contributed by atoms with Gasteiger partial charge in [-0.05, 0) is 79.4 Å². The molecule has 31 heavy (non-hydrogen) atoms. The summed E-state index contributed by atoms with van der Waals surface area (Å²) >= 11 is 10.3. The van der Waals surface area contributed by atoms with Crippen molar-refractivity contribution in [1.82, 2.24) is 0 Å². The lowest BCUT2D eigenvalue weighted by Crippen LogP contribution is -2.23. The van der Waals surface area contributed by atoms with Crippen LogP contribution >= 0.6 is 23.2 Å². The largest absolute Gasteiger partial charge is 0.465 e. The van der Waals surface area contributed by atoms with E-state index in [4.69, 9.17) is 46.1 Å². The Balaban J connectivity index is 0.000000471. The Morgan fingerprint density at radius 3 is 1.65 bits per heavy atom. The number of rotatable bonds is 7. The summed E-state index contributed by atoms with van der Waals surface area (Å²) in [6, 6.07) is 14.3. The SMILES string of the molecule is CCOC(=O)C(CCCC(=O)Cl)C(=O)Cl.Nc1ccc(N)cc1.Nc1ccccc1N. The van der Waals surface area contributed by atoms with Crippen molar-refractivity contribution in [3.8, 4) is 0 Å². The molecule has 0 aliphatic carbocycles. The van der Waals surface area contributed by atoms with Crippen molar-refractivity contribution in [3.63, 3.8) is 0 Å². The molecule has 10 heteroatoms. The molecule has 0 aliphatic heterocycles. The predicted molar refractivity (Wildman–Crippen MR) is 126 cm³/mol. The third kappa shape index (κ3) is 13.8. The number of hydrogen-bond acceptors (Lipinski definition) is 8. The molecule has 0 saturated carbocycles. The van der Waals surface area contributed by atoms with Crippen LogP contribution in [0.1, 0.15) is 26.2 Å². The van der Waals surface area contributed by atoms with E-state index in [-0.39, 0.29) is 19.4 Å². The number of anilines is 4. The Kier molecular flexibility index (Phi) is 14.3. The normalized spacial score (nSPS) is 10.4. The smallest absolute Gasteiger partial charge is 0.317 e. The van der Waals surface area contributed by atoms with E-state index in [0.717, 1.165) is 11.4 Å². The van der Waals surface area contributed by atoms with Crippen molar-refractivity contribution >= 4 is 62.4 Å². The monoisotopic (exact) mass is 470 g/mol. The second-order valence-electron chi connectivity index (χ2n) is 6.15. The summed E-state index contributed by atoms with van der Waals surface area (Å²) in [5, 5.41) is -1.27. The molecule has 1 atom stereocenters. The summed E-state index contributed by atoms with van der Waals surface area (Å²) in [5.41, 5.74) is 24.3. The van der Waals surface area contributed by atoms with Crippen LogP contribution in [0.3, 0.4) is 0 Å². The third-order valence-corrected chi connectivity index (χ3v) is 4.10. The number of carbonyl (C=O) groups is 3. The van der Waals surface area contributed by atoms with Gasteiger partial charge in [-0.25, -0.2) is 0 Å². The van der Waals surface area contributed by atoms with Gasteiger partial charge in [0.05, 0.1) is 18.0 Å². The Morgan fingerprint density at radius 1 is 0.871 bits per heavy atom. The molecule has 0 radical (unpaired) electrons. The van der Waals surface area contributed by atoms with Crippen molar-refractivity contribution in [3.05, 3.63) is 48.5 Å². The maximum absolute atomic E-state index is 11.2. The second-order valence-corrected chi connectivity index (χ2v) is 6.95.